The SMILES string of the molecule is CCNC1CCCN(CC(CC)(CC)SC)C1. The molecule has 0 spiro atoms. The first kappa shape index (κ1) is 15.3. The Morgan fingerprint density at radius 1 is 1.29 bits per heavy atom. The molecule has 0 saturated carbocycles. The third kappa shape index (κ3) is 4.46. The molecule has 1 saturated heterocycles. The van der Waals surface area contributed by atoms with Gasteiger partial charge in [-0.2, -0.15) is 11.8 Å². The molecule has 1 atom stereocenters. The predicted molar refractivity (Wildman–Crippen MR) is 80.0 cm³/mol. The van der Waals surface area contributed by atoms with Crippen LogP contribution in [-0.2, 0) is 0 Å². The van der Waals surface area contributed by atoms with Crippen LogP contribution in [0.15, 0.2) is 0 Å². The minimum atomic E-state index is 0.480. The van der Waals surface area contributed by atoms with Crippen molar-refractivity contribution in [2.75, 3.05) is 32.4 Å². The van der Waals surface area contributed by atoms with E-state index in [-0.39, 0.29) is 0 Å². The van der Waals surface area contributed by atoms with Crippen LogP contribution in [0.25, 0.3) is 0 Å². The van der Waals surface area contributed by atoms with Gasteiger partial charge in [0, 0.05) is 23.9 Å². The van der Waals surface area contributed by atoms with E-state index in [0.717, 1.165) is 12.6 Å². The third-order valence-electron chi connectivity index (χ3n) is 4.23. The van der Waals surface area contributed by atoms with E-state index in [0.29, 0.717) is 4.75 Å². The maximum atomic E-state index is 3.61. The third-order valence-corrected chi connectivity index (χ3v) is 5.80. The second-order valence-electron chi connectivity index (χ2n) is 5.23. The quantitative estimate of drug-likeness (QED) is 0.756. The van der Waals surface area contributed by atoms with Crippen LogP contribution in [0.4, 0.5) is 0 Å². The summed E-state index contributed by atoms with van der Waals surface area (Å²) in [6.45, 7) is 11.8. The Morgan fingerprint density at radius 3 is 2.53 bits per heavy atom. The number of likely N-dealkylation sites (tertiary alicyclic amines) is 1. The Labute approximate surface area is 112 Å². The van der Waals surface area contributed by atoms with Crippen LogP contribution < -0.4 is 5.32 Å². The number of thioether (sulfide) groups is 1. The molecule has 102 valence electrons. The van der Waals surface area contributed by atoms with E-state index in [4.69, 9.17) is 0 Å². The smallest absolute Gasteiger partial charge is 0.0279 e. The first-order valence-corrected chi connectivity index (χ1v) is 8.43. The van der Waals surface area contributed by atoms with Gasteiger partial charge < -0.3 is 10.2 Å². The number of likely N-dealkylation sites (N-methyl/N-ethyl adjacent to an activating group) is 1. The molecule has 0 bridgehead atoms. The van der Waals surface area contributed by atoms with Gasteiger partial charge in [-0.1, -0.05) is 20.8 Å². The van der Waals surface area contributed by atoms with Gasteiger partial charge >= 0.3 is 0 Å². The van der Waals surface area contributed by atoms with Crippen molar-refractivity contribution < 1.29 is 0 Å². The van der Waals surface area contributed by atoms with Gasteiger partial charge in [0.25, 0.3) is 0 Å². The molecule has 1 fully saturated rings. The van der Waals surface area contributed by atoms with E-state index in [1.807, 2.05) is 0 Å². The zero-order chi connectivity index (χ0) is 12.7. The molecule has 1 aliphatic heterocycles. The highest BCUT2D eigenvalue weighted by atomic mass is 32.2. The molecule has 3 heteroatoms. The second kappa shape index (κ2) is 7.65. The lowest BCUT2D eigenvalue weighted by Gasteiger charge is -2.40. The topological polar surface area (TPSA) is 15.3 Å². The summed E-state index contributed by atoms with van der Waals surface area (Å²) in [5.74, 6) is 0. The lowest BCUT2D eigenvalue weighted by molar-refractivity contribution is 0.172. The highest BCUT2D eigenvalue weighted by Crippen LogP contribution is 2.32. The Bertz CT molecular complexity index is 194. The number of rotatable bonds is 7. The molecule has 1 unspecified atom stereocenters. The van der Waals surface area contributed by atoms with E-state index in [9.17, 15) is 0 Å². The van der Waals surface area contributed by atoms with Gasteiger partial charge in [0.1, 0.15) is 0 Å². The molecule has 1 rings (SSSR count). The minimum absolute atomic E-state index is 0.480. The molecule has 17 heavy (non-hydrogen) atoms. The molecule has 1 aliphatic rings. The van der Waals surface area contributed by atoms with Crippen molar-refractivity contribution in [2.24, 2.45) is 0 Å². The minimum Gasteiger partial charge on any atom is -0.313 e. The number of piperidine rings is 1. The van der Waals surface area contributed by atoms with Crippen LogP contribution in [0.5, 0.6) is 0 Å². The number of hydrogen-bond acceptors (Lipinski definition) is 3. The highest BCUT2D eigenvalue weighted by molar-refractivity contribution is 8.00. The van der Waals surface area contributed by atoms with E-state index < -0.39 is 0 Å². The molecule has 0 aromatic heterocycles. The van der Waals surface area contributed by atoms with Crippen molar-refractivity contribution in [1.29, 1.82) is 0 Å². The summed E-state index contributed by atoms with van der Waals surface area (Å²) >= 11 is 2.06. The molecule has 0 aromatic carbocycles. The monoisotopic (exact) mass is 258 g/mol. The number of nitrogens with zero attached hydrogens (tertiary/aromatic N) is 1. The fraction of sp³-hybridized carbons (Fsp3) is 1.00. The average Bonchev–Trinajstić information content (AvgIpc) is 2.37. The van der Waals surface area contributed by atoms with Gasteiger partial charge in [-0.25, -0.2) is 0 Å². The van der Waals surface area contributed by atoms with Gasteiger partial charge in [-0.3, -0.25) is 0 Å². The standard InChI is InChI=1S/C14H30N2S/c1-5-14(6-2,17-4)12-16-10-8-9-13(11-16)15-7-3/h13,15H,5-12H2,1-4H3. The van der Waals surface area contributed by atoms with Gasteiger partial charge in [0.2, 0.25) is 0 Å². The molecular weight excluding hydrogens is 228 g/mol. The van der Waals surface area contributed by atoms with E-state index in [1.54, 1.807) is 0 Å². The van der Waals surface area contributed by atoms with Crippen molar-refractivity contribution in [3.05, 3.63) is 0 Å². The van der Waals surface area contributed by atoms with Crippen LogP contribution in [0.3, 0.4) is 0 Å². The highest BCUT2D eigenvalue weighted by Gasteiger charge is 2.30. The lowest BCUT2D eigenvalue weighted by atomic mass is 9.98. The van der Waals surface area contributed by atoms with Crippen LogP contribution >= 0.6 is 11.8 Å². The summed E-state index contributed by atoms with van der Waals surface area (Å²) in [6, 6.07) is 0.724. The molecule has 1 heterocycles. The maximum Gasteiger partial charge on any atom is 0.0279 e. The Kier molecular flexibility index (Phi) is 6.90. The van der Waals surface area contributed by atoms with Crippen LogP contribution in [-0.4, -0.2) is 48.1 Å². The average molecular weight is 258 g/mol. The Hall–Kier alpha value is 0.270. The molecule has 0 amide bonds. The number of nitrogens with one attached hydrogen (secondary N) is 1. The van der Waals surface area contributed by atoms with Crippen LogP contribution in [0.1, 0.15) is 46.5 Å². The van der Waals surface area contributed by atoms with Crippen molar-refractivity contribution in [3.63, 3.8) is 0 Å². The predicted octanol–water partition coefficient (Wildman–Crippen LogP) is 2.98. The van der Waals surface area contributed by atoms with Crippen LogP contribution in [0.2, 0.25) is 0 Å². The molecule has 1 N–H and O–H groups in total. The summed E-state index contributed by atoms with van der Waals surface area (Å²) < 4.78 is 0.480. The van der Waals surface area contributed by atoms with Gasteiger partial charge in [0.15, 0.2) is 0 Å². The number of hydrogen-bond donors (Lipinski definition) is 1. The Morgan fingerprint density at radius 2 is 2.00 bits per heavy atom. The lowest BCUT2D eigenvalue weighted by Crippen LogP contribution is -2.50. The fourth-order valence-electron chi connectivity index (χ4n) is 2.89. The van der Waals surface area contributed by atoms with Crippen LogP contribution in [0, 0.1) is 0 Å². The fourth-order valence-corrected chi connectivity index (χ4v) is 3.78. The second-order valence-corrected chi connectivity index (χ2v) is 6.50. The van der Waals surface area contributed by atoms with Gasteiger partial charge in [0.05, 0.1) is 0 Å². The summed E-state index contributed by atoms with van der Waals surface area (Å²) in [5, 5.41) is 3.61. The molecule has 2 nitrogen and oxygen atoms in total. The normalized spacial score (nSPS) is 22.9. The largest absolute Gasteiger partial charge is 0.313 e. The first-order chi connectivity index (χ1) is 8.19. The first-order valence-electron chi connectivity index (χ1n) is 7.20. The van der Waals surface area contributed by atoms with Crippen molar-refractivity contribution in [1.82, 2.24) is 10.2 Å². The summed E-state index contributed by atoms with van der Waals surface area (Å²) in [5.41, 5.74) is 0. The van der Waals surface area contributed by atoms with Crippen molar-refractivity contribution in [2.45, 2.75) is 57.2 Å². The Balaban J connectivity index is 2.49. The molecule has 0 aliphatic carbocycles. The van der Waals surface area contributed by atoms with E-state index in [1.165, 1.54) is 45.3 Å². The summed E-state index contributed by atoms with van der Waals surface area (Å²) in [7, 11) is 0. The molecular formula is C14H30N2S. The zero-order valence-electron chi connectivity index (χ0n) is 12.1. The molecule has 0 radical (unpaired) electrons. The van der Waals surface area contributed by atoms with Gasteiger partial charge in [-0.05, 0) is 45.0 Å². The van der Waals surface area contributed by atoms with Crippen molar-refractivity contribution in [3.8, 4) is 0 Å². The zero-order valence-corrected chi connectivity index (χ0v) is 12.9. The maximum absolute atomic E-state index is 3.61. The summed E-state index contributed by atoms with van der Waals surface area (Å²) in [6.07, 6.45) is 7.56. The van der Waals surface area contributed by atoms with Crippen molar-refractivity contribution >= 4 is 11.8 Å². The summed E-state index contributed by atoms with van der Waals surface area (Å²) in [4.78, 5) is 2.68. The van der Waals surface area contributed by atoms with Gasteiger partial charge in [-0.15, -0.1) is 0 Å². The molecule has 0 aromatic rings. The van der Waals surface area contributed by atoms with E-state index >= 15 is 0 Å². The van der Waals surface area contributed by atoms with E-state index in [2.05, 4.69) is 49.0 Å².